The van der Waals surface area contributed by atoms with Crippen LogP contribution in [0, 0.1) is 5.41 Å². The Balaban J connectivity index is 2.43. The summed E-state index contributed by atoms with van der Waals surface area (Å²) in [5.41, 5.74) is -0.225. The molecule has 106 valence electrons. The first kappa shape index (κ1) is 14.5. The van der Waals surface area contributed by atoms with Crippen molar-refractivity contribution in [3.05, 3.63) is 28.8 Å². The van der Waals surface area contributed by atoms with Crippen LogP contribution in [0.4, 0.5) is 5.69 Å². The Morgan fingerprint density at radius 3 is 2.25 bits per heavy atom. The predicted molar refractivity (Wildman–Crippen MR) is 73.9 cm³/mol. The van der Waals surface area contributed by atoms with Crippen LogP contribution in [-0.2, 0) is 9.59 Å². The molecular weight excluding hydrogens is 282 g/mol. The minimum atomic E-state index is -1.16. The lowest BCUT2D eigenvalue weighted by molar-refractivity contribution is -0.132. The van der Waals surface area contributed by atoms with Crippen molar-refractivity contribution in [2.75, 3.05) is 4.90 Å². The van der Waals surface area contributed by atoms with Gasteiger partial charge in [-0.2, -0.15) is 0 Å². The maximum absolute atomic E-state index is 12.1. The van der Waals surface area contributed by atoms with Crippen molar-refractivity contribution in [1.29, 1.82) is 0 Å². The number of aromatic carboxylic acids is 1. The molecule has 1 aliphatic heterocycles. The number of amides is 2. The Morgan fingerprint density at radius 1 is 1.20 bits per heavy atom. The second kappa shape index (κ2) is 4.90. The molecule has 1 aliphatic rings. The van der Waals surface area contributed by atoms with Crippen LogP contribution < -0.4 is 4.90 Å². The van der Waals surface area contributed by atoms with Gasteiger partial charge >= 0.3 is 5.97 Å². The largest absolute Gasteiger partial charge is 0.478 e. The first-order valence-electron chi connectivity index (χ1n) is 6.09. The lowest BCUT2D eigenvalue weighted by atomic mass is 9.81. The number of imide groups is 1. The molecule has 1 aromatic carbocycles. The van der Waals surface area contributed by atoms with E-state index in [2.05, 4.69) is 0 Å². The van der Waals surface area contributed by atoms with Gasteiger partial charge in [-0.25, -0.2) is 4.79 Å². The molecule has 1 saturated heterocycles. The summed E-state index contributed by atoms with van der Waals surface area (Å²) in [5, 5.41) is 9.17. The first-order chi connectivity index (χ1) is 9.19. The average Bonchev–Trinajstić information content (AvgIpc) is 2.24. The molecule has 0 saturated carbocycles. The van der Waals surface area contributed by atoms with Crippen molar-refractivity contribution in [3.63, 3.8) is 0 Å². The van der Waals surface area contributed by atoms with E-state index in [1.54, 1.807) is 0 Å². The van der Waals surface area contributed by atoms with E-state index in [0.717, 1.165) is 4.90 Å². The second-order valence-electron chi connectivity index (χ2n) is 5.64. The number of piperidine rings is 1. The molecule has 2 amide bonds. The van der Waals surface area contributed by atoms with Gasteiger partial charge in [0.15, 0.2) is 0 Å². The Kier molecular flexibility index (Phi) is 3.56. The van der Waals surface area contributed by atoms with Crippen molar-refractivity contribution in [3.8, 4) is 0 Å². The highest BCUT2D eigenvalue weighted by Gasteiger charge is 2.38. The maximum atomic E-state index is 12.1. The van der Waals surface area contributed by atoms with E-state index in [1.165, 1.54) is 18.2 Å². The van der Waals surface area contributed by atoms with Crippen LogP contribution >= 0.6 is 11.6 Å². The van der Waals surface area contributed by atoms with E-state index in [9.17, 15) is 14.4 Å². The lowest BCUT2D eigenvalue weighted by Gasteiger charge is -2.34. The molecule has 0 radical (unpaired) electrons. The third-order valence-corrected chi connectivity index (χ3v) is 3.36. The van der Waals surface area contributed by atoms with Crippen molar-refractivity contribution >= 4 is 35.1 Å². The van der Waals surface area contributed by atoms with Crippen molar-refractivity contribution in [1.82, 2.24) is 0 Å². The summed E-state index contributed by atoms with van der Waals surface area (Å²) in [7, 11) is 0. The molecule has 6 heteroatoms. The van der Waals surface area contributed by atoms with Crippen LogP contribution in [-0.4, -0.2) is 22.9 Å². The molecule has 5 nitrogen and oxygen atoms in total. The number of halogens is 1. The molecular formula is C14H14ClNO4. The number of hydrogen-bond donors (Lipinski definition) is 1. The molecule has 0 aromatic heterocycles. The van der Waals surface area contributed by atoms with E-state index in [0.29, 0.717) is 0 Å². The fourth-order valence-electron chi connectivity index (χ4n) is 2.29. The molecule has 1 N–H and O–H groups in total. The van der Waals surface area contributed by atoms with Gasteiger partial charge in [-0.15, -0.1) is 0 Å². The van der Waals surface area contributed by atoms with Gasteiger partial charge in [0.05, 0.1) is 11.3 Å². The number of hydrogen-bond acceptors (Lipinski definition) is 3. The van der Waals surface area contributed by atoms with Crippen LogP contribution in [0.2, 0.25) is 5.02 Å². The Hall–Kier alpha value is -1.88. The highest BCUT2D eigenvalue weighted by molar-refractivity contribution is 6.31. The van der Waals surface area contributed by atoms with Crippen LogP contribution in [0.25, 0.3) is 0 Å². The van der Waals surface area contributed by atoms with Gasteiger partial charge in [-0.3, -0.25) is 14.5 Å². The van der Waals surface area contributed by atoms with Crippen molar-refractivity contribution in [2.45, 2.75) is 26.7 Å². The molecule has 1 aromatic rings. The summed E-state index contributed by atoms with van der Waals surface area (Å²) in [5.74, 6) is -1.85. The van der Waals surface area contributed by atoms with E-state index < -0.39 is 5.97 Å². The zero-order chi connectivity index (χ0) is 15.1. The molecule has 0 bridgehead atoms. The minimum Gasteiger partial charge on any atom is -0.478 e. The quantitative estimate of drug-likeness (QED) is 0.851. The van der Waals surface area contributed by atoms with Crippen LogP contribution in [0.5, 0.6) is 0 Å². The molecule has 1 heterocycles. The topological polar surface area (TPSA) is 74.7 Å². The smallest absolute Gasteiger partial charge is 0.335 e. The zero-order valence-corrected chi connectivity index (χ0v) is 11.9. The summed E-state index contributed by atoms with van der Waals surface area (Å²) >= 11 is 5.85. The summed E-state index contributed by atoms with van der Waals surface area (Å²) in [6.07, 6.45) is 0.460. The van der Waals surface area contributed by atoms with E-state index >= 15 is 0 Å². The molecule has 0 unspecified atom stereocenters. The standard InChI is InChI=1S/C14H14ClNO4/c1-14(2)6-11(17)16(12(18)7-14)10-4-8(13(19)20)3-9(15)5-10/h3-5H,6-7H2,1-2H3,(H,19,20). The first-order valence-corrected chi connectivity index (χ1v) is 6.47. The predicted octanol–water partition coefficient (Wildman–Crippen LogP) is 2.72. The minimum absolute atomic E-state index is 0.0575. The number of rotatable bonds is 2. The zero-order valence-electron chi connectivity index (χ0n) is 11.1. The van der Waals surface area contributed by atoms with Crippen LogP contribution in [0.15, 0.2) is 18.2 Å². The fraction of sp³-hybridized carbons (Fsp3) is 0.357. The number of anilines is 1. The Morgan fingerprint density at radius 2 is 1.75 bits per heavy atom. The molecule has 2 rings (SSSR count). The number of carbonyl (C=O) groups is 3. The number of carbonyl (C=O) groups excluding carboxylic acids is 2. The van der Waals surface area contributed by atoms with Gasteiger partial charge in [-0.1, -0.05) is 25.4 Å². The number of benzene rings is 1. The van der Waals surface area contributed by atoms with Crippen molar-refractivity contribution in [2.24, 2.45) is 5.41 Å². The van der Waals surface area contributed by atoms with Gasteiger partial charge in [0, 0.05) is 17.9 Å². The van der Waals surface area contributed by atoms with Gasteiger partial charge in [-0.05, 0) is 23.6 Å². The summed E-state index contributed by atoms with van der Waals surface area (Å²) in [4.78, 5) is 36.3. The Bertz CT molecular complexity index is 589. The van der Waals surface area contributed by atoms with Gasteiger partial charge < -0.3 is 5.11 Å². The molecule has 20 heavy (non-hydrogen) atoms. The third kappa shape index (κ3) is 2.82. The van der Waals surface area contributed by atoms with Crippen molar-refractivity contribution < 1.29 is 19.5 Å². The number of nitrogens with zero attached hydrogens (tertiary/aromatic N) is 1. The second-order valence-corrected chi connectivity index (χ2v) is 6.08. The number of carboxylic acids is 1. The highest BCUT2D eigenvalue weighted by Crippen LogP contribution is 2.35. The maximum Gasteiger partial charge on any atom is 0.335 e. The normalized spacial score (nSPS) is 18.2. The van der Waals surface area contributed by atoms with Gasteiger partial charge in [0.25, 0.3) is 0 Å². The molecule has 0 atom stereocenters. The number of carboxylic acid groups (broad SMARTS) is 1. The fourth-order valence-corrected chi connectivity index (χ4v) is 2.52. The van der Waals surface area contributed by atoms with E-state index in [4.69, 9.17) is 16.7 Å². The third-order valence-electron chi connectivity index (χ3n) is 3.15. The van der Waals surface area contributed by atoms with Gasteiger partial charge in [0.1, 0.15) is 0 Å². The van der Waals surface area contributed by atoms with E-state index in [1.807, 2.05) is 13.8 Å². The average molecular weight is 296 g/mol. The summed E-state index contributed by atoms with van der Waals surface area (Å²) in [6.45, 7) is 3.70. The van der Waals surface area contributed by atoms with Gasteiger partial charge in [0.2, 0.25) is 11.8 Å². The molecule has 0 aliphatic carbocycles. The van der Waals surface area contributed by atoms with Crippen LogP contribution in [0.1, 0.15) is 37.0 Å². The SMILES string of the molecule is CC1(C)CC(=O)N(c2cc(Cl)cc(C(=O)O)c2)C(=O)C1. The molecule has 0 spiro atoms. The summed E-state index contributed by atoms with van der Waals surface area (Å²) < 4.78 is 0. The van der Waals surface area contributed by atoms with Crippen LogP contribution in [0.3, 0.4) is 0 Å². The molecule has 1 fully saturated rings. The van der Waals surface area contributed by atoms with E-state index in [-0.39, 0.29) is 46.3 Å². The Labute approximate surface area is 121 Å². The highest BCUT2D eigenvalue weighted by atomic mass is 35.5. The monoisotopic (exact) mass is 295 g/mol. The lowest BCUT2D eigenvalue weighted by Crippen LogP contribution is -2.46. The summed E-state index contributed by atoms with van der Waals surface area (Å²) in [6, 6.07) is 3.97.